The second kappa shape index (κ2) is 5.23. The van der Waals surface area contributed by atoms with Crippen LogP contribution in [0.1, 0.15) is 11.1 Å². The van der Waals surface area contributed by atoms with Crippen molar-refractivity contribution in [3.63, 3.8) is 0 Å². The number of fused-ring (bicyclic) bond motifs is 1. The Morgan fingerprint density at radius 3 is 1.36 bits per heavy atom. The first kappa shape index (κ1) is 13.5. The first-order valence-electron chi connectivity index (χ1n) is 6.80. The van der Waals surface area contributed by atoms with Gasteiger partial charge in [0, 0.05) is 34.2 Å². The Hall–Kier alpha value is -2.18. The third-order valence-corrected chi connectivity index (χ3v) is 5.49. The maximum Gasteiger partial charge on any atom is 0.169 e. The lowest BCUT2D eigenvalue weighted by Crippen LogP contribution is -1.86. The minimum absolute atomic E-state index is 0.784. The highest BCUT2D eigenvalue weighted by molar-refractivity contribution is 7.30. The molecule has 0 atom stereocenters. The average molecular weight is 324 g/mol. The summed E-state index contributed by atoms with van der Waals surface area (Å²) in [6.45, 7) is 3.98. The van der Waals surface area contributed by atoms with Crippen molar-refractivity contribution in [2.24, 2.45) is 0 Å². The number of rotatable bonds is 2. The van der Waals surface area contributed by atoms with E-state index in [9.17, 15) is 0 Å². The largest absolute Gasteiger partial charge is 0.236 e. The maximum absolute atomic E-state index is 4.39. The third-order valence-electron chi connectivity index (χ3n) is 3.21. The van der Waals surface area contributed by atoms with Gasteiger partial charge in [-0.2, -0.15) is 0 Å². The molecule has 0 unspecified atom stereocenters. The molecule has 4 heterocycles. The summed E-state index contributed by atoms with van der Waals surface area (Å²) in [5.74, 6) is 1.57. The van der Waals surface area contributed by atoms with E-state index < -0.39 is 0 Å². The summed E-state index contributed by atoms with van der Waals surface area (Å²) in [6.07, 6.45) is 7.40. The molecule has 0 fully saturated rings. The molecule has 0 bridgehead atoms. The Labute approximate surface area is 135 Å². The van der Waals surface area contributed by atoms with Crippen LogP contribution in [0.4, 0.5) is 0 Å². The van der Waals surface area contributed by atoms with E-state index in [1.165, 1.54) is 9.40 Å². The molecule has 0 spiro atoms. The van der Waals surface area contributed by atoms with E-state index in [0.717, 1.165) is 32.5 Å². The molecule has 0 amide bonds. The lowest BCUT2D eigenvalue weighted by Gasteiger charge is -1.96. The van der Waals surface area contributed by atoms with Gasteiger partial charge in [0.05, 0.1) is 9.75 Å². The lowest BCUT2D eigenvalue weighted by atomic mass is 10.3. The second-order valence-corrected chi connectivity index (χ2v) is 7.29. The highest BCUT2D eigenvalue weighted by atomic mass is 32.1. The molecule has 22 heavy (non-hydrogen) atoms. The molecule has 0 aliphatic heterocycles. The van der Waals surface area contributed by atoms with Crippen LogP contribution in [-0.4, -0.2) is 19.9 Å². The van der Waals surface area contributed by atoms with Gasteiger partial charge in [-0.05, 0) is 37.1 Å². The van der Waals surface area contributed by atoms with Crippen molar-refractivity contribution >= 4 is 32.1 Å². The molecule has 4 rings (SSSR count). The number of nitrogens with zero attached hydrogens (tertiary/aromatic N) is 4. The van der Waals surface area contributed by atoms with E-state index >= 15 is 0 Å². The molecule has 0 aliphatic rings. The minimum atomic E-state index is 0.784. The summed E-state index contributed by atoms with van der Waals surface area (Å²) in [4.78, 5) is 19.8. The highest BCUT2D eigenvalue weighted by Gasteiger charge is 2.12. The standard InChI is InChI=1S/C16H12N4S2/c1-9-5-17-15(18-6-9)13-3-11-12(21-13)4-14(22-11)16-19-7-10(2)8-20-16/h3-8H,1-2H3. The SMILES string of the molecule is Cc1cnc(-c2cc3sc(-c4ncc(C)cn4)cc3s2)nc1. The molecule has 0 saturated carbocycles. The Balaban J connectivity index is 1.73. The maximum atomic E-state index is 4.39. The van der Waals surface area contributed by atoms with Gasteiger partial charge >= 0.3 is 0 Å². The van der Waals surface area contributed by atoms with Crippen LogP contribution in [0, 0.1) is 13.8 Å². The van der Waals surface area contributed by atoms with Gasteiger partial charge < -0.3 is 0 Å². The van der Waals surface area contributed by atoms with Crippen molar-refractivity contribution in [1.29, 1.82) is 0 Å². The van der Waals surface area contributed by atoms with Crippen molar-refractivity contribution in [2.75, 3.05) is 0 Å². The summed E-state index contributed by atoms with van der Waals surface area (Å²) in [7, 11) is 0. The molecule has 4 aromatic heterocycles. The second-order valence-electron chi connectivity index (χ2n) is 5.12. The van der Waals surface area contributed by atoms with E-state index in [1.54, 1.807) is 22.7 Å². The van der Waals surface area contributed by atoms with Gasteiger partial charge in [-0.15, -0.1) is 22.7 Å². The number of aryl methyl sites for hydroxylation is 2. The summed E-state index contributed by atoms with van der Waals surface area (Å²) >= 11 is 3.41. The predicted octanol–water partition coefficient (Wildman–Crippen LogP) is 4.49. The fourth-order valence-electron chi connectivity index (χ4n) is 2.10. The molecule has 0 saturated heterocycles. The number of aromatic nitrogens is 4. The zero-order valence-electron chi connectivity index (χ0n) is 12.1. The Bertz CT molecular complexity index is 830. The van der Waals surface area contributed by atoms with Gasteiger partial charge in [0.1, 0.15) is 0 Å². The van der Waals surface area contributed by atoms with Crippen molar-refractivity contribution in [3.05, 3.63) is 48.0 Å². The topological polar surface area (TPSA) is 51.6 Å². The van der Waals surface area contributed by atoms with E-state index in [2.05, 4.69) is 32.1 Å². The Morgan fingerprint density at radius 2 is 1.00 bits per heavy atom. The zero-order valence-corrected chi connectivity index (χ0v) is 13.7. The van der Waals surface area contributed by atoms with Gasteiger partial charge in [0.2, 0.25) is 0 Å². The molecule has 6 heteroatoms. The van der Waals surface area contributed by atoms with E-state index in [-0.39, 0.29) is 0 Å². The predicted molar refractivity (Wildman–Crippen MR) is 91.2 cm³/mol. The van der Waals surface area contributed by atoms with Crippen LogP contribution in [0.15, 0.2) is 36.9 Å². The van der Waals surface area contributed by atoms with Crippen molar-refractivity contribution in [2.45, 2.75) is 13.8 Å². The van der Waals surface area contributed by atoms with Crippen molar-refractivity contribution in [1.82, 2.24) is 19.9 Å². The zero-order chi connectivity index (χ0) is 15.1. The monoisotopic (exact) mass is 324 g/mol. The molecular weight excluding hydrogens is 312 g/mol. The summed E-state index contributed by atoms with van der Waals surface area (Å²) in [5.41, 5.74) is 2.14. The van der Waals surface area contributed by atoms with Gasteiger partial charge in [0.15, 0.2) is 11.6 Å². The van der Waals surface area contributed by atoms with E-state index in [1.807, 2.05) is 38.6 Å². The quantitative estimate of drug-likeness (QED) is 0.545. The van der Waals surface area contributed by atoms with Gasteiger partial charge in [-0.1, -0.05) is 0 Å². The van der Waals surface area contributed by atoms with Crippen LogP contribution in [0.5, 0.6) is 0 Å². The first-order valence-corrected chi connectivity index (χ1v) is 8.44. The number of hydrogen-bond acceptors (Lipinski definition) is 6. The average Bonchev–Trinajstić information content (AvgIpc) is 3.07. The fourth-order valence-corrected chi connectivity index (χ4v) is 4.39. The summed E-state index contributed by atoms with van der Waals surface area (Å²) < 4.78 is 2.45. The Kier molecular flexibility index (Phi) is 3.20. The third kappa shape index (κ3) is 2.40. The number of hydrogen-bond donors (Lipinski definition) is 0. The van der Waals surface area contributed by atoms with E-state index in [0.29, 0.717) is 0 Å². The number of thiophene rings is 2. The highest BCUT2D eigenvalue weighted by Crippen LogP contribution is 2.39. The Morgan fingerprint density at radius 1 is 0.636 bits per heavy atom. The fraction of sp³-hybridized carbons (Fsp3) is 0.125. The summed E-state index contributed by atoms with van der Waals surface area (Å²) in [6, 6.07) is 4.29. The molecule has 108 valence electrons. The smallest absolute Gasteiger partial charge is 0.169 e. The minimum Gasteiger partial charge on any atom is -0.236 e. The molecule has 0 radical (unpaired) electrons. The van der Waals surface area contributed by atoms with E-state index in [4.69, 9.17) is 0 Å². The van der Waals surface area contributed by atoms with Crippen LogP contribution in [0.2, 0.25) is 0 Å². The molecule has 0 aromatic carbocycles. The van der Waals surface area contributed by atoms with Gasteiger partial charge in [-0.3, -0.25) is 0 Å². The first-order chi connectivity index (χ1) is 10.7. The molecule has 4 nitrogen and oxygen atoms in total. The molecular formula is C16H12N4S2. The molecule has 4 aromatic rings. The van der Waals surface area contributed by atoms with Crippen LogP contribution in [-0.2, 0) is 0 Å². The molecule has 0 N–H and O–H groups in total. The van der Waals surface area contributed by atoms with Crippen LogP contribution in [0.25, 0.3) is 30.8 Å². The van der Waals surface area contributed by atoms with Crippen LogP contribution >= 0.6 is 22.7 Å². The van der Waals surface area contributed by atoms with Crippen molar-refractivity contribution < 1.29 is 0 Å². The normalized spacial score (nSPS) is 11.2. The lowest BCUT2D eigenvalue weighted by molar-refractivity contribution is 1.14. The van der Waals surface area contributed by atoms with Crippen molar-refractivity contribution in [3.8, 4) is 21.4 Å². The van der Waals surface area contributed by atoms with Gasteiger partial charge in [0.25, 0.3) is 0 Å². The van der Waals surface area contributed by atoms with Crippen LogP contribution in [0.3, 0.4) is 0 Å². The van der Waals surface area contributed by atoms with Crippen LogP contribution < -0.4 is 0 Å². The molecule has 0 aliphatic carbocycles. The van der Waals surface area contributed by atoms with Gasteiger partial charge in [-0.25, -0.2) is 19.9 Å². The summed E-state index contributed by atoms with van der Waals surface area (Å²) in [5, 5.41) is 0.